The van der Waals surface area contributed by atoms with Gasteiger partial charge in [0, 0.05) is 12.5 Å². The molecule has 2 N–H and O–H groups in total. The van der Waals surface area contributed by atoms with Gasteiger partial charge in [0.1, 0.15) is 6.04 Å². The van der Waals surface area contributed by atoms with Gasteiger partial charge in [0.25, 0.3) is 0 Å². The summed E-state index contributed by atoms with van der Waals surface area (Å²) in [6, 6.07) is -1.66. The maximum atomic E-state index is 13.0. The Morgan fingerprint density at radius 3 is 2.12 bits per heavy atom. The minimum atomic E-state index is -4.33. The van der Waals surface area contributed by atoms with Crippen molar-refractivity contribution in [2.75, 3.05) is 0 Å². The average molecular weight is 494 g/mol. The summed E-state index contributed by atoms with van der Waals surface area (Å²) in [5, 5.41) is 1.21. The lowest BCUT2D eigenvalue weighted by Gasteiger charge is -2.33. The number of carbonyl (C=O) groups is 4. The molecule has 4 rings (SSSR count). The number of rotatable bonds is 4. The SMILES string of the molecule is O=C1CCC(N2C(=O)C3CCC(NS(=O)(=O)C4CCC(C(F)(F)F)CC4)CC3C2=O)C(=O)N1. The molecular formula is C20H26F3N3O6S. The van der Waals surface area contributed by atoms with Crippen LogP contribution in [0.25, 0.3) is 0 Å². The fraction of sp³-hybridized carbons (Fsp3) is 0.800. The molecule has 4 fully saturated rings. The van der Waals surface area contributed by atoms with Gasteiger partial charge in [0.15, 0.2) is 0 Å². The van der Waals surface area contributed by atoms with Gasteiger partial charge in [-0.1, -0.05) is 0 Å². The Morgan fingerprint density at radius 2 is 1.52 bits per heavy atom. The number of likely N-dealkylation sites (tertiary alicyclic amines) is 1. The summed E-state index contributed by atoms with van der Waals surface area (Å²) in [7, 11) is -3.89. The minimum Gasteiger partial charge on any atom is -0.295 e. The Kier molecular flexibility index (Phi) is 6.31. The van der Waals surface area contributed by atoms with Crippen LogP contribution >= 0.6 is 0 Å². The largest absolute Gasteiger partial charge is 0.391 e. The van der Waals surface area contributed by atoms with Gasteiger partial charge in [-0.2, -0.15) is 13.2 Å². The number of imide groups is 2. The van der Waals surface area contributed by atoms with Crippen molar-refractivity contribution in [1.82, 2.24) is 14.9 Å². The molecule has 2 saturated heterocycles. The molecule has 0 bridgehead atoms. The Labute approximate surface area is 188 Å². The topological polar surface area (TPSA) is 130 Å². The van der Waals surface area contributed by atoms with Gasteiger partial charge >= 0.3 is 6.18 Å². The molecule has 0 radical (unpaired) electrons. The number of nitrogens with zero attached hydrogens (tertiary/aromatic N) is 1. The first-order valence-corrected chi connectivity index (χ1v) is 12.7. The van der Waals surface area contributed by atoms with E-state index in [9.17, 15) is 40.8 Å². The van der Waals surface area contributed by atoms with Gasteiger partial charge in [-0.15, -0.1) is 0 Å². The molecule has 2 saturated carbocycles. The first-order chi connectivity index (χ1) is 15.4. The number of hydrogen-bond acceptors (Lipinski definition) is 6. The molecule has 4 unspecified atom stereocenters. The highest BCUT2D eigenvalue weighted by atomic mass is 32.2. The van der Waals surface area contributed by atoms with Crippen LogP contribution in [0, 0.1) is 17.8 Å². The quantitative estimate of drug-likeness (QED) is 0.562. The fourth-order valence-corrected chi connectivity index (χ4v) is 7.34. The minimum absolute atomic E-state index is 0.0157. The highest BCUT2D eigenvalue weighted by Gasteiger charge is 2.54. The Morgan fingerprint density at radius 1 is 0.879 bits per heavy atom. The van der Waals surface area contributed by atoms with E-state index in [1.54, 1.807) is 0 Å². The molecule has 184 valence electrons. The summed E-state index contributed by atoms with van der Waals surface area (Å²) < 4.78 is 66.8. The van der Waals surface area contributed by atoms with Gasteiger partial charge in [-0.25, -0.2) is 13.1 Å². The van der Waals surface area contributed by atoms with Gasteiger partial charge in [0.05, 0.1) is 23.0 Å². The zero-order valence-electron chi connectivity index (χ0n) is 17.8. The third-order valence-electron chi connectivity index (χ3n) is 7.39. The molecule has 33 heavy (non-hydrogen) atoms. The third-order valence-corrected chi connectivity index (χ3v) is 9.40. The third kappa shape index (κ3) is 4.66. The first kappa shape index (κ1) is 24.1. The number of fused-ring (bicyclic) bond motifs is 1. The van der Waals surface area contributed by atoms with Gasteiger partial charge in [0.2, 0.25) is 33.7 Å². The predicted octanol–water partition coefficient (Wildman–Crippen LogP) is 0.986. The van der Waals surface area contributed by atoms with Crippen molar-refractivity contribution in [3.05, 3.63) is 0 Å². The maximum Gasteiger partial charge on any atom is 0.391 e. The summed E-state index contributed by atoms with van der Waals surface area (Å²) >= 11 is 0. The number of hydrogen-bond donors (Lipinski definition) is 2. The van der Waals surface area contributed by atoms with E-state index in [-0.39, 0.29) is 51.4 Å². The molecule has 4 atom stereocenters. The van der Waals surface area contributed by atoms with Crippen molar-refractivity contribution in [3.63, 3.8) is 0 Å². The number of amides is 4. The number of piperidine rings is 1. The predicted molar refractivity (Wildman–Crippen MR) is 107 cm³/mol. The second-order valence-corrected chi connectivity index (χ2v) is 11.4. The average Bonchev–Trinajstić information content (AvgIpc) is 2.97. The zero-order chi connectivity index (χ0) is 24.1. The maximum absolute atomic E-state index is 13.0. The van der Waals surface area contributed by atoms with Crippen LogP contribution in [0.15, 0.2) is 0 Å². The number of alkyl halides is 3. The second kappa shape index (κ2) is 8.64. The monoisotopic (exact) mass is 493 g/mol. The lowest BCUT2D eigenvalue weighted by Crippen LogP contribution is -2.54. The number of halogens is 3. The summed E-state index contributed by atoms with van der Waals surface area (Å²) in [4.78, 5) is 50.3. The Hall–Kier alpha value is -2.02. The van der Waals surface area contributed by atoms with Gasteiger partial charge in [-0.05, 0) is 51.4 Å². The number of nitrogens with one attached hydrogen (secondary N) is 2. The van der Waals surface area contributed by atoms with Crippen LogP contribution in [0.2, 0.25) is 0 Å². The van der Waals surface area contributed by atoms with E-state index < -0.39 is 74.9 Å². The van der Waals surface area contributed by atoms with Crippen LogP contribution in [-0.4, -0.2) is 60.5 Å². The lowest BCUT2D eigenvalue weighted by atomic mass is 9.79. The second-order valence-electron chi connectivity index (χ2n) is 9.41. The standard InChI is InChI=1S/C20H26F3N3O6S/c21-20(22,23)10-1-4-12(5-2-10)33(31,32)25-11-3-6-13-14(9-11)19(30)26(18(13)29)15-7-8-16(27)24-17(15)28/h10-15,25H,1-9H2,(H,24,27,28). The smallest absolute Gasteiger partial charge is 0.295 e. The summed E-state index contributed by atoms with van der Waals surface area (Å²) in [6.45, 7) is 0. The molecule has 13 heteroatoms. The van der Waals surface area contributed by atoms with E-state index in [0.29, 0.717) is 6.42 Å². The molecule has 0 aromatic heterocycles. The lowest BCUT2D eigenvalue weighted by molar-refractivity contribution is -0.181. The van der Waals surface area contributed by atoms with Crippen LogP contribution in [0.1, 0.15) is 57.8 Å². The number of carbonyl (C=O) groups excluding carboxylic acids is 4. The van der Waals surface area contributed by atoms with E-state index in [1.165, 1.54) is 0 Å². The van der Waals surface area contributed by atoms with Crippen LogP contribution in [0.4, 0.5) is 13.2 Å². The Balaban J connectivity index is 1.38. The van der Waals surface area contributed by atoms with Crippen LogP contribution in [0.5, 0.6) is 0 Å². The molecule has 2 aliphatic heterocycles. The molecule has 2 heterocycles. The number of sulfonamides is 1. The Bertz CT molecular complexity index is 961. The molecule has 4 amide bonds. The van der Waals surface area contributed by atoms with Crippen molar-refractivity contribution in [2.24, 2.45) is 17.8 Å². The molecular weight excluding hydrogens is 467 g/mol. The van der Waals surface area contributed by atoms with Crippen molar-refractivity contribution in [1.29, 1.82) is 0 Å². The van der Waals surface area contributed by atoms with E-state index >= 15 is 0 Å². The van der Waals surface area contributed by atoms with Crippen molar-refractivity contribution >= 4 is 33.7 Å². The molecule has 9 nitrogen and oxygen atoms in total. The van der Waals surface area contributed by atoms with E-state index in [4.69, 9.17) is 0 Å². The highest BCUT2D eigenvalue weighted by Crippen LogP contribution is 2.42. The van der Waals surface area contributed by atoms with Crippen LogP contribution in [-0.2, 0) is 29.2 Å². The molecule has 0 aromatic carbocycles. The zero-order valence-corrected chi connectivity index (χ0v) is 18.6. The van der Waals surface area contributed by atoms with Gasteiger partial charge in [-0.3, -0.25) is 29.4 Å². The molecule has 0 aromatic rings. The van der Waals surface area contributed by atoms with Crippen molar-refractivity contribution in [2.45, 2.75) is 81.3 Å². The van der Waals surface area contributed by atoms with E-state index in [2.05, 4.69) is 10.0 Å². The normalized spacial score (nSPS) is 36.0. The highest BCUT2D eigenvalue weighted by molar-refractivity contribution is 7.90. The van der Waals surface area contributed by atoms with E-state index in [0.717, 1.165) is 4.90 Å². The molecule has 4 aliphatic rings. The van der Waals surface area contributed by atoms with Crippen molar-refractivity contribution in [3.8, 4) is 0 Å². The van der Waals surface area contributed by atoms with Gasteiger partial charge < -0.3 is 0 Å². The summed E-state index contributed by atoms with van der Waals surface area (Å²) in [6.07, 6.45) is -4.26. The van der Waals surface area contributed by atoms with Crippen LogP contribution < -0.4 is 10.0 Å². The van der Waals surface area contributed by atoms with E-state index in [1.807, 2.05) is 0 Å². The first-order valence-electron chi connectivity index (χ1n) is 11.2. The summed E-state index contributed by atoms with van der Waals surface area (Å²) in [5.41, 5.74) is 0. The molecule has 2 aliphatic carbocycles. The molecule has 0 spiro atoms. The van der Waals surface area contributed by atoms with Crippen LogP contribution in [0.3, 0.4) is 0 Å². The summed E-state index contributed by atoms with van der Waals surface area (Å²) in [5.74, 6) is -5.10. The fourth-order valence-electron chi connectivity index (χ4n) is 5.58. The van der Waals surface area contributed by atoms with Crippen molar-refractivity contribution < 1.29 is 40.8 Å².